The molecule has 1 atom stereocenters. The molecule has 1 aliphatic heterocycles. The average Bonchev–Trinajstić information content (AvgIpc) is 2.47. The third-order valence-electron chi connectivity index (χ3n) is 3.26. The molecule has 1 aromatic carbocycles. The highest BCUT2D eigenvalue weighted by atomic mass is 19.1. The molecular formula is C14H16F2N2O2. The monoisotopic (exact) mass is 282 g/mol. The van der Waals surface area contributed by atoms with Gasteiger partial charge in [-0.15, -0.1) is 0 Å². The van der Waals surface area contributed by atoms with E-state index in [0.717, 1.165) is 6.07 Å². The van der Waals surface area contributed by atoms with Gasteiger partial charge in [0.2, 0.25) is 11.8 Å². The van der Waals surface area contributed by atoms with E-state index in [1.54, 1.807) is 11.8 Å². The van der Waals surface area contributed by atoms with Gasteiger partial charge in [-0.3, -0.25) is 9.59 Å². The molecule has 1 aromatic rings. The molecule has 20 heavy (non-hydrogen) atoms. The molecule has 2 amide bonds. The van der Waals surface area contributed by atoms with Crippen molar-refractivity contribution in [2.75, 3.05) is 13.1 Å². The molecule has 0 saturated carbocycles. The Morgan fingerprint density at radius 3 is 2.55 bits per heavy atom. The molecule has 0 bridgehead atoms. The number of hydrogen-bond acceptors (Lipinski definition) is 2. The van der Waals surface area contributed by atoms with Gasteiger partial charge in [0.25, 0.3) is 0 Å². The number of rotatable bonds is 3. The third-order valence-corrected chi connectivity index (χ3v) is 3.26. The van der Waals surface area contributed by atoms with Crippen LogP contribution >= 0.6 is 0 Å². The van der Waals surface area contributed by atoms with E-state index in [4.69, 9.17) is 0 Å². The van der Waals surface area contributed by atoms with Gasteiger partial charge in [-0.05, 0) is 31.0 Å². The van der Waals surface area contributed by atoms with Gasteiger partial charge in [0.1, 0.15) is 17.7 Å². The normalized spacial score (nSPS) is 19.8. The number of nitrogens with one attached hydrogen (secondary N) is 1. The first kappa shape index (κ1) is 14.4. The zero-order chi connectivity index (χ0) is 14.7. The summed E-state index contributed by atoms with van der Waals surface area (Å²) < 4.78 is 26.1. The van der Waals surface area contributed by atoms with E-state index in [1.807, 2.05) is 0 Å². The lowest BCUT2D eigenvalue weighted by molar-refractivity contribution is -0.133. The lowest BCUT2D eigenvalue weighted by Gasteiger charge is -2.22. The Kier molecular flexibility index (Phi) is 4.32. The minimum Gasteiger partial charge on any atom is -0.345 e. The summed E-state index contributed by atoms with van der Waals surface area (Å²) in [6.07, 6.45) is 0.592. The van der Waals surface area contributed by atoms with E-state index >= 15 is 0 Å². The van der Waals surface area contributed by atoms with Gasteiger partial charge in [0, 0.05) is 25.6 Å². The standard InChI is InChI=1S/C14H16F2N2O2/c1-9-14(20)18(5-3-13(19)17-9)4-2-10-6-11(15)8-12(16)7-10/h6-9H,2-5H2,1H3,(H,17,19). The number of carbonyl (C=O) groups excluding carboxylic acids is 2. The maximum absolute atomic E-state index is 13.1. The van der Waals surface area contributed by atoms with Crippen molar-refractivity contribution in [1.29, 1.82) is 0 Å². The quantitative estimate of drug-likeness (QED) is 0.907. The number of carbonyl (C=O) groups is 2. The Morgan fingerprint density at radius 1 is 1.25 bits per heavy atom. The fraction of sp³-hybridized carbons (Fsp3) is 0.429. The van der Waals surface area contributed by atoms with E-state index in [1.165, 1.54) is 12.1 Å². The van der Waals surface area contributed by atoms with Crippen LogP contribution in [-0.4, -0.2) is 35.8 Å². The van der Waals surface area contributed by atoms with Crippen molar-refractivity contribution >= 4 is 11.8 Å². The van der Waals surface area contributed by atoms with E-state index in [-0.39, 0.29) is 18.2 Å². The molecule has 1 N–H and O–H groups in total. The highest BCUT2D eigenvalue weighted by Gasteiger charge is 2.26. The number of halogens is 2. The van der Waals surface area contributed by atoms with Crippen LogP contribution in [0.1, 0.15) is 18.9 Å². The summed E-state index contributed by atoms with van der Waals surface area (Å²) >= 11 is 0. The number of nitrogens with zero attached hydrogens (tertiary/aromatic N) is 1. The van der Waals surface area contributed by atoms with Crippen LogP contribution in [-0.2, 0) is 16.0 Å². The van der Waals surface area contributed by atoms with Crippen LogP contribution in [0.15, 0.2) is 18.2 Å². The zero-order valence-corrected chi connectivity index (χ0v) is 11.2. The molecule has 0 aromatic heterocycles. The summed E-state index contributed by atoms with van der Waals surface area (Å²) in [6, 6.07) is 2.75. The molecular weight excluding hydrogens is 266 g/mol. The molecule has 1 heterocycles. The Labute approximate surface area is 115 Å². The molecule has 0 aliphatic carbocycles. The molecule has 1 aliphatic rings. The Hall–Kier alpha value is -1.98. The maximum Gasteiger partial charge on any atom is 0.244 e. The van der Waals surface area contributed by atoms with Crippen LogP contribution < -0.4 is 5.32 Å². The molecule has 6 heteroatoms. The second-order valence-corrected chi connectivity index (χ2v) is 4.89. The highest BCUT2D eigenvalue weighted by Crippen LogP contribution is 2.11. The summed E-state index contributed by atoms with van der Waals surface area (Å²) in [5, 5.41) is 2.59. The Morgan fingerprint density at radius 2 is 1.90 bits per heavy atom. The lowest BCUT2D eigenvalue weighted by atomic mass is 10.1. The van der Waals surface area contributed by atoms with E-state index in [0.29, 0.717) is 25.1 Å². The summed E-state index contributed by atoms with van der Waals surface area (Å²) in [7, 11) is 0. The minimum atomic E-state index is -0.632. The first-order valence-electron chi connectivity index (χ1n) is 6.49. The van der Waals surface area contributed by atoms with Gasteiger partial charge in [0.05, 0.1) is 0 Å². The van der Waals surface area contributed by atoms with Crippen LogP contribution in [0.25, 0.3) is 0 Å². The fourth-order valence-corrected chi connectivity index (χ4v) is 2.24. The predicted molar refractivity (Wildman–Crippen MR) is 68.9 cm³/mol. The van der Waals surface area contributed by atoms with Crippen LogP contribution in [0.3, 0.4) is 0 Å². The van der Waals surface area contributed by atoms with Crippen molar-refractivity contribution in [2.45, 2.75) is 25.8 Å². The van der Waals surface area contributed by atoms with Gasteiger partial charge in [-0.25, -0.2) is 8.78 Å². The molecule has 1 unspecified atom stereocenters. The van der Waals surface area contributed by atoms with Gasteiger partial charge in [-0.2, -0.15) is 0 Å². The smallest absolute Gasteiger partial charge is 0.244 e. The second-order valence-electron chi connectivity index (χ2n) is 4.89. The topological polar surface area (TPSA) is 49.4 Å². The molecule has 4 nitrogen and oxygen atoms in total. The van der Waals surface area contributed by atoms with Crippen molar-refractivity contribution in [3.8, 4) is 0 Å². The largest absolute Gasteiger partial charge is 0.345 e. The first-order chi connectivity index (χ1) is 9.45. The minimum absolute atomic E-state index is 0.162. The van der Waals surface area contributed by atoms with Gasteiger partial charge < -0.3 is 10.2 Å². The van der Waals surface area contributed by atoms with E-state index in [2.05, 4.69) is 5.32 Å². The Bertz CT molecular complexity index is 514. The van der Waals surface area contributed by atoms with Gasteiger partial charge in [0.15, 0.2) is 0 Å². The zero-order valence-electron chi connectivity index (χ0n) is 11.2. The SMILES string of the molecule is CC1NC(=O)CCN(CCc2cc(F)cc(F)c2)C1=O. The summed E-state index contributed by atoms with van der Waals surface area (Å²) in [4.78, 5) is 24.9. The number of amides is 2. The predicted octanol–water partition coefficient (Wildman–Crippen LogP) is 1.24. The van der Waals surface area contributed by atoms with Crippen molar-refractivity contribution < 1.29 is 18.4 Å². The molecule has 1 saturated heterocycles. The fourth-order valence-electron chi connectivity index (χ4n) is 2.24. The van der Waals surface area contributed by atoms with E-state index in [9.17, 15) is 18.4 Å². The average molecular weight is 282 g/mol. The van der Waals surface area contributed by atoms with E-state index < -0.39 is 17.7 Å². The van der Waals surface area contributed by atoms with Crippen molar-refractivity contribution in [2.24, 2.45) is 0 Å². The van der Waals surface area contributed by atoms with Gasteiger partial charge in [-0.1, -0.05) is 0 Å². The number of benzene rings is 1. The van der Waals surface area contributed by atoms with Crippen LogP contribution in [0.4, 0.5) is 8.78 Å². The molecule has 2 rings (SSSR count). The van der Waals surface area contributed by atoms with Crippen LogP contribution in [0.5, 0.6) is 0 Å². The maximum atomic E-state index is 13.1. The molecule has 108 valence electrons. The molecule has 0 radical (unpaired) electrons. The summed E-state index contributed by atoms with van der Waals surface area (Å²) in [5.41, 5.74) is 0.492. The third kappa shape index (κ3) is 3.53. The lowest BCUT2D eigenvalue weighted by Crippen LogP contribution is -2.43. The first-order valence-corrected chi connectivity index (χ1v) is 6.49. The van der Waals surface area contributed by atoms with Crippen LogP contribution in [0.2, 0.25) is 0 Å². The van der Waals surface area contributed by atoms with Crippen molar-refractivity contribution in [1.82, 2.24) is 10.2 Å². The summed E-state index contributed by atoms with van der Waals surface area (Å²) in [6.45, 7) is 2.29. The van der Waals surface area contributed by atoms with Crippen molar-refractivity contribution in [3.05, 3.63) is 35.4 Å². The second kappa shape index (κ2) is 5.98. The molecule has 0 spiro atoms. The van der Waals surface area contributed by atoms with Crippen LogP contribution in [0, 0.1) is 11.6 Å². The highest BCUT2D eigenvalue weighted by molar-refractivity contribution is 5.89. The molecule has 1 fully saturated rings. The van der Waals surface area contributed by atoms with Crippen molar-refractivity contribution in [3.63, 3.8) is 0 Å². The van der Waals surface area contributed by atoms with Gasteiger partial charge >= 0.3 is 0 Å². The number of hydrogen-bond donors (Lipinski definition) is 1. The Balaban J connectivity index is 2.01. The summed E-state index contributed by atoms with van der Waals surface area (Å²) in [5.74, 6) is -1.60.